The molecule has 110 valence electrons. The van der Waals surface area contributed by atoms with Gasteiger partial charge in [0, 0.05) is 0 Å². The quantitative estimate of drug-likeness (QED) is 0.474. The maximum atomic E-state index is 11.1. The van der Waals surface area contributed by atoms with Crippen LogP contribution in [-0.2, 0) is 6.42 Å². The van der Waals surface area contributed by atoms with Crippen molar-refractivity contribution in [3.05, 3.63) is 28.8 Å². The standard InChI is InChI=1S/C17H24O3/c1-3-4-5-6-7-8-9-14-10-15(12-18)17(20-2)16(11-14)13-19/h10-13H,3-9H2,1-2H3. The second-order valence-electron chi connectivity index (χ2n) is 5.06. The minimum atomic E-state index is 0.377. The SMILES string of the molecule is CCCCCCCCc1cc(C=O)c(OC)c(C=O)c1. The van der Waals surface area contributed by atoms with Crippen molar-refractivity contribution in [2.24, 2.45) is 0 Å². The van der Waals surface area contributed by atoms with Gasteiger partial charge in [0.25, 0.3) is 0 Å². The van der Waals surface area contributed by atoms with E-state index in [4.69, 9.17) is 4.74 Å². The van der Waals surface area contributed by atoms with Gasteiger partial charge in [0.05, 0.1) is 18.2 Å². The van der Waals surface area contributed by atoms with Crippen molar-refractivity contribution in [3.63, 3.8) is 0 Å². The number of aryl methyl sites for hydroxylation is 1. The fourth-order valence-corrected chi connectivity index (χ4v) is 2.40. The highest BCUT2D eigenvalue weighted by Crippen LogP contribution is 2.24. The Labute approximate surface area is 121 Å². The maximum absolute atomic E-state index is 11.1. The van der Waals surface area contributed by atoms with Crippen molar-refractivity contribution in [1.82, 2.24) is 0 Å². The molecule has 0 aromatic heterocycles. The van der Waals surface area contributed by atoms with E-state index in [1.165, 1.54) is 39.2 Å². The largest absolute Gasteiger partial charge is 0.495 e. The van der Waals surface area contributed by atoms with Crippen molar-refractivity contribution < 1.29 is 14.3 Å². The van der Waals surface area contributed by atoms with Crippen LogP contribution < -0.4 is 4.74 Å². The smallest absolute Gasteiger partial charge is 0.153 e. The highest BCUT2D eigenvalue weighted by atomic mass is 16.5. The van der Waals surface area contributed by atoms with Gasteiger partial charge in [-0.05, 0) is 30.5 Å². The number of hydrogen-bond donors (Lipinski definition) is 0. The third kappa shape index (κ3) is 4.80. The molecule has 0 fully saturated rings. The predicted molar refractivity (Wildman–Crippen MR) is 80.8 cm³/mol. The Kier molecular flexibility index (Phi) is 7.63. The summed E-state index contributed by atoms with van der Waals surface area (Å²) in [6.07, 6.45) is 9.77. The molecule has 0 bridgehead atoms. The fraction of sp³-hybridized carbons (Fsp3) is 0.529. The molecule has 0 aliphatic carbocycles. The van der Waals surface area contributed by atoms with Gasteiger partial charge in [0.15, 0.2) is 12.6 Å². The van der Waals surface area contributed by atoms with Crippen LogP contribution in [0.4, 0.5) is 0 Å². The number of aldehydes is 2. The first kappa shape index (κ1) is 16.4. The van der Waals surface area contributed by atoms with Gasteiger partial charge < -0.3 is 4.74 Å². The molecule has 0 atom stereocenters. The second-order valence-corrected chi connectivity index (χ2v) is 5.06. The van der Waals surface area contributed by atoms with E-state index in [1.54, 1.807) is 0 Å². The molecule has 0 spiro atoms. The average Bonchev–Trinajstić information content (AvgIpc) is 2.49. The number of unbranched alkanes of at least 4 members (excludes halogenated alkanes) is 5. The summed E-state index contributed by atoms with van der Waals surface area (Å²) < 4.78 is 5.12. The Hall–Kier alpha value is -1.64. The molecule has 20 heavy (non-hydrogen) atoms. The van der Waals surface area contributed by atoms with Gasteiger partial charge in [-0.15, -0.1) is 0 Å². The number of methoxy groups -OCH3 is 1. The van der Waals surface area contributed by atoms with Crippen molar-refractivity contribution in [1.29, 1.82) is 0 Å². The minimum absolute atomic E-state index is 0.377. The van der Waals surface area contributed by atoms with Crippen molar-refractivity contribution in [2.45, 2.75) is 51.9 Å². The van der Waals surface area contributed by atoms with Gasteiger partial charge in [-0.2, -0.15) is 0 Å². The van der Waals surface area contributed by atoms with Crippen LogP contribution in [0.25, 0.3) is 0 Å². The van der Waals surface area contributed by atoms with Gasteiger partial charge in [-0.1, -0.05) is 39.0 Å². The van der Waals surface area contributed by atoms with E-state index in [0.29, 0.717) is 16.9 Å². The second kappa shape index (κ2) is 9.29. The van der Waals surface area contributed by atoms with E-state index >= 15 is 0 Å². The monoisotopic (exact) mass is 276 g/mol. The van der Waals surface area contributed by atoms with Crippen LogP contribution >= 0.6 is 0 Å². The molecule has 0 heterocycles. The first-order valence-corrected chi connectivity index (χ1v) is 7.38. The first-order valence-electron chi connectivity index (χ1n) is 7.38. The topological polar surface area (TPSA) is 43.4 Å². The average molecular weight is 276 g/mol. The molecular formula is C17H24O3. The molecule has 0 saturated carbocycles. The molecule has 0 unspecified atom stereocenters. The molecule has 0 N–H and O–H groups in total. The lowest BCUT2D eigenvalue weighted by atomic mass is 10.00. The Morgan fingerprint density at radius 1 is 0.950 bits per heavy atom. The summed E-state index contributed by atoms with van der Waals surface area (Å²) >= 11 is 0. The zero-order valence-corrected chi connectivity index (χ0v) is 12.5. The predicted octanol–water partition coefficient (Wildman–Crippen LogP) is 4.22. The zero-order valence-electron chi connectivity index (χ0n) is 12.5. The summed E-state index contributed by atoms with van der Waals surface area (Å²) in [6, 6.07) is 3.65. The summed E-state index contributed by atoms with van der Waals surface area (Å²) in [5.74, 6) is 0.377. The first-order chi connectivity index (χ1) is 9.76. The zero-order chi connectivity index (χ0) is 14.8. The molecule has 0 aliphatic heterocycles. The van der Waals surface area contributed by atoms with Crippen LogP contribution in [0.5, 0.6) is 5.75 Å². The number of benzene rings is 1. The van der Waals surface area contributed by atoms with E-state index in [2.05, 4.69) is 6.92 Å². The molecule has 1 aromatic carbocycles. The summed E-state index contributed by atoms with van der Waals surface area (Å²) in [4.78, 5) is 22.1. The van der Waals surface area contributed by atoms with E-state index in [-0.39, 0.29) is 0 Å². The Morgan fingerprint density at radius 2 is 1.50 bits per heavy atom. The fourth-order valence-electron chi connectivity index (χ4n) is 2.40. The van der Waals surface area contributed by atoms with Crippen LogP contribution in [0, 0.1) is 0 Å². The highest BCUT2D eigenvalue weighted by molar-refractivity contribution is 5.89. The summed E-state index contributed by atoms with van der Waals surface area (Å²) in [5.41, 5.74) is 1.95. The van der Waals surface area contributed by atoms with Crippen molar-refractivity contribution in [3.8, 4) is 5.75 Å². The molecule has 0 saturated heterocycles. The number of carbonyl (C=O) groups excluding carboxylic acids is 2. The lowest BCUT2D eigenvalue weighted by Crippen LogP contribution is -1.99. The van der Waals surface area contributed by atoms with Crippen LogP contribution in [-0.4, -0.2) is 19.7 Å². The van der Waals surface area contributed by atoms with E-state index in [1.807, 2.05) is 12.1 Å². The molecule has 0 aliphatic rings. The van der Waals surface area contributed by atoms with Crippen LogP contribution in [0.2, 0.25) is 0 Å². The van der Waals surface area contributed by atoms with E-state index in [0.717, 1.165) is 31.0 Å². The van der Waals surface area contributed by atoms with Gasteiger partial charge in [0.1, 0.15) is 5.75 Å². The molecule has 1 aromatic rings. The van der Waals surface area contributed by atoms with Crippen molar-refractivity contribution in [2.75, 3.05) is 7.11 Å². The lowest BCUT2D eigenvalue weighted by Gasteiger charge is -2.10. The normalized spacial score (nSPS) is 10.3. The lowest BCUT2D eigenvalue weighted by molar-refractivity contribution is 0.111. The highest BCUT2D eigenvalue weighted by Gasteiger charge is 2.10. The molecular weight excluding hydrogens is 252 g/mol. The van der Waals surface area contributed by atoms with E-state index in [9.17, 15) is 9.59 Å². The molecule has 3 nitrogen and oxygen atoms in total. The third-order valence-electron chi connectivity index (χ3n) is 3.48. The van der Waals surface area contributed by atoms with E-state index < -0.39 is 0 Å². The molecule has 0 amide bonds. The van der Waals surface area contributed by atoms with Crippen LogP contribution in [0.3, 0.4) is 0 Å². The summed E-state index contributed by atoms with van der Waals surface area (Å²) in [7, 11) is 1.47. The van der Waals surface area contributed by atoms with Crippen molar-refractivity contribution >= 4 is 12.6 Å². The third-order valence-corrected chi connectivity index (χ3v) is 3.48. The van der Waals surface area contributed by atoms with Gasteiger partial charge in [0.2, 0.25) is 0 Å². The van der Waals surface area contributed by atoms with Gasteiger partial charge >= 0.3 is 0 Å². The number of carbonyl (C=O) groups is 2. The summed E-state index contributed by atoms with van der Waals surface area (Å²) in [5, 5.41) is 0. The van der Waals surface area contributed by atoms with Gasteiger partial charge in [-0.25, -0.2) is 0 Å². The number of hydrogen-bond acceptors (Lipinski definition) is 3. The maximum Gasteiger partial charge on any atom is 0.153 e. The minimum Gasteiger partial charge on any atom is -0.495 e. The number of ether oxygens (including phenoxy) is 1. The summed E-state index contributed by atoms with van der Waals surface area (Å²) in [6.45, 7) is 2.21. The number of rotatable bonds is 10. The Bertz CT molecular complexity index is 409. The molecule has 3 heteroatoms. The Morgan fingerprint density at radius 3 is 2.00 bits per heavy atom. The van der Waals surface area contributed by atoms with Crippen LogP contribution in [0.15, 0.2) is 12.1 Å². The molecule has 1 rings (SSSR count). The molecule has 0 radical (unpaired) electrons. The van der Waals surface area contributed by atoms with Gasteiger partial charge in [-0.3, -0.25) is 9.59 Å². The van der Waals surface area contributed by atoms with Crippen LogP contribution in [0.1, 0.15) is 71.7 Å². The Balaban J connectivity index is 2.62.